The summed E-state index contributed by atoms with van der Waals surface area (Å²) >= 11 is 0. The highest BCUT2D eigenvalue weighted by molar-refractivity contribution is 5.82. The molecule has 5 nitrogen and oxygen atoms in total. The Kier molecular flexibility index (Phi) is 5.44. The van der Waals surface area contributed by atoms with Gasteiger partial charge < -0.3 is 27.2 Å². The first-order valence-corrected chi connectivity index (χ1v) is 6.11. The van der Waals surface area contributed by atoms with Crippen molar-refractivity contribution in [2.75, 3.05) is 0 Å². The molecule has 0 aliphatic heterocycles. The number of pyridine rings is 1. The van der Waals surface area contributed by atoms with Crippen LogP contribution in [0.2, 0.25) is 0 Å². The molecule has 0 saturated carbocycles. The number of hydrogen-bond donors (Lipinski definition) is 2. The Balaban J connectivity index is 0.00000200. The molecular formula is C14H16BrNO4. The lowest BCUT2D eigenvalue weighted by Gasteiger charge is -2.25. The van der Waals surface area contributed by atoms with Crippen molar-refractivity contribution in [1.82, 2.24) is 0 Å². The van der Waals surface area contributed by atoms with Crippen molar-refractivity contribution in [3.63, 3.8) is 0 Å². The molecule has 1 aliphatic carbocycles. The quantitative estimate of drug-likeness (QED) is 0.649. The molecule has 0 fully saturated rings. The highest BCUT2D eigenvalue weighted by Gasteiger charge is 2.41. The summed E-state index contributed by atoms with van der Waals surface area (Å²) in [5, 5.41) is 18.4. The highest BCUT2D eigenvalue weighted by Crippen LogP contribution is 2.34. The van der Waals surface area contributed by atoms with Crippen LogP contribution in [-0.4, -0.2) is 22.2 Å². The summed E-state index contributed by atoms with van der Waals surface area (Å²) in [6, 6.07) is 5.60. The Morgan fingerprint density at radius 3 is 2.05 bits per heavy atom. The Morgan fingerprint density at radius 1 is 1.05 bits per heavy atom. The fraction of sp³-hybridized carbons (Fsp3) is 0.357. The van der Waals surface area contributed by atoms with Crippen LogP contribution in [-0.2, 0) is 9.59 Å². The third kappa shape index (κ3) is 3.25. The maximum atomic E-state index is 11.3. The van der Waals surface area contributed by atoms with Crippen LogP contribution in [0.15, 0.2) is 36.2 Å². The Labute approximate surface area is 127 Å². The van der Waals surface area contributed by atoms with Crippen LogP contribution in [0.3, 0.4) is 0 Å². The van der Waals surface area contributed by atoms with Crippen molar-refractivity contribution in [2.24, 2.45) is 11.8 Å². The summed E-state index contributed by atoms with van der Waals surface area (Å²) in [7, 11) is 0. The molecule has 0 aromatic carbocycles. The van der Waals surface area contributed by atoms with E-state index >= 15 is 0 Å². The van der Waals surface area contributed by atoms with Crippen LogP contribution in [0.25, 0.3) is 5.70 Å². The zero-order valence-electron chi connectivity index (χ0n) is 11.0. The number of halogens is 1. The second-order valence-corrected chi connectivity index (χ2v) is 4.81. The lowest BCUT2D eigenvalue weighted by Crippen LogP contribution is -3.00. The maximum Gasteiger partial charge on any atom is 0.307 e. The average molecular weight is 342 g/mol. The van der Waals surface area contributed by atoms with Crippen LogP contribution in [0.5, 0.6) is 0 Å². The summed E-state index contributed by atoms with van der Waals surface area (Å²) in [4.78, 5) is 22.4. The minimum absolute atomic E-state index is 0. The van der Waals surface area contributed by atoms with Crippen LogP contribution < -0.4 is 21.5 Å². The molecule has 0 amide bonds. The number of carboxylic acids is 2. The fourth-order valence-corrected chi connectivity index (χ4v) is 2.54. The van der Waals surface area contributed by atoms with Crippen molar-refractivity contribution in [3.8, 4) is 0 Å². The van der Waals surface area contributed by atoms with Gasteiger partial charge in [0, 0.05) is 18.6 Å². The fourth-order valence-electron chi connectivity index (χ4n) is 2.54. The molecule has 0 bridgehead atoms. The topological polar surface area (TPSA) is 78.5 Å². The van der Waals surface area contributed by atoms with E-state index in [4.69, 9.17) is 5.11 Å². The highest BCUT2D eigenvalue weighted by atomic mass is 79.9. The van der Waals surface area contributed by atoms with Gasteiger partial charge in [0.15, 0.2) is 18.1 Å². The van der Waals surface area contributed by atoms with Crippen LogP contribution >= 0.6 is 0 Å². The lowest BCUT2D eigenvalue weighted by atomic mass is 9.78. The molecular weight excluding hydrogens is 326 g/mol. The number of nitrogens with zero attached hydrogens (tertiary/aromatic N) is 1. The van der Waals surface area contributed by atoms with Crippen LogP contribution in [0, 0.1) is 11.8 Å². The largest absolute Gasteiger partial charge is 1.00 e. The van der Waals surface area contributed by atoms with Gasteiger partial charge in [-0.15, -0.1) is 0 Å². The van der Waals surface area contributed by atoms with E-state index in [0.29, 0.717) is 0 Å². The molecule has 1 aliphatic rings. The third-order valence-corrected chi connectivity index (χ3v) is 3.58. The van der Waals surface area contributed by atoms with Crippen LogP contribution in [0.4, 0.5) is 0 Å². The standard InChI is InChI=1S/C14H15NO4.BrH/c1-9-7-10(13(16)17)11(14(18)19)8-12(9)15-5-3-2-4-6-15;/h2-6,10-11H,7-8H2,1H3,(H-,16,17,18,19);1H/t10-,11+;/m0./s1. The first kappa shape index (κ1) is 16.4. The Morgan fingerprint density at radius 2 is 1.55 bits per heavy atom. The minimum atomic E-state index is -1.05. The van der Waals surface area contributed by atoms with Gasteiger partial charge in [-0.3, -0.25) is 9.59 Å². The molecule has 0 saturated heterocycles. The second-order valence-electron chi connectivity index (χ2n) is 4.81. The smallest absolute Gasteiger partial charge is 0.307 e. The molecule has 0 radical (unpaired) electrons. The number of allylic oxidation sites excluding steroid dienone is 2. The Hall–Kier alpha value is -1.69. The Bertz CT molecular complexity index is 541. The number of carboxylic acid groups (broad SMARTS) is 2. The predicted octanol–water partition coefficient (Wildman–Crippen LogP) is -1.60. The first-order valence-electron chi connectivity index (χ1n) is 6.11. The van der Waals surface area contributed by atoms with Gasteiger partial charge >= 0.3 is 11.9 Å². The average Bonchev–Trinajstić information content (AvgIpc) is 2.39. The summed E-state index contributed by atoms with van der Waals surface area (Å²) in [6.07, 6.45) is 4.22. The summed E-state index contributed by atoms with van der Waals surface area (Å²) in [6.45, 7) is 1.86. The molecule has 2 N–H and O–H groups in total. The van der Waals surface area contributed by atoms with Gasteiger partial charge in [-0.2, -0.15) is 4.57 Å². The van der Waals surface area contributed by atoms with Gasteiger partial charge in [-0.1, -0.05) is 6.07 Å². The molecule has 1 aromatic heterocycles. The molecule has 1 aromatic rings. The summed E-state index contributed by atoms with van der Waals surface area (Å²) in [5.74, 6) is -3.80. The summed E-state index contributed by atoms with van der Waals surface area (Å²) < 4.78 is 1.86. The SMILES string of the molecule is CC1=C([n+]2ccccc2)C[C@@H](C(=O)O)[C@@H](C(=O)O)C1.[Br-]. The van der Waals surface area contributed by atoms with Gasteiger partial charge in [-0.25, -0.2) is 0 Å². The number of rotatable bonds is 3. The van der Waals surface area contributed by atoms with Crippen LogP contribution in [0.1, 0.15) is 19.8 Å². The normalized spacial score (nSPS) is 22.1. The first-order chi connectivity index (χ1) is 9.00. The van der Waals surface area contributed by atoms with E-state index < -0.39 is 23.8 Å². The lowest BCUT2D eigenvalue weighted by molar-refractivity contribution is -0.585. The number of aliphatic carboxylic acids is 2. The van der Waals surface area contributed by atoms with E-state index in [1.807, 2.05) is 42.1 Å². The molecule has 20 heavy (non-hydrogen) atoms. The third-order valence-electron chi connectivity index (χ3n) is 3.58. The summed E-state index contributed by atoms with van der Waals surface area (Å²) in [5.41, 5.74) is 1.81. The predicted molar refractivity (Wildman–Crippen MR) is 67.0 cm³/mol. The van der Waals surface area contributed by atoms with Crippen molar-refractivity contribution in [2.45, 2.75) is 19.8 Å². The van der Waals surface area contributed by atoms with E-state index in [9.17, 15) is 14.7 Å². The molecule has 108 valence electrons. The number of aromatic nitrogens is 1. The van der Waals surface area contributed by atoms with E-state index in [0.717, 1.165) is 11.3 Å². The van der Waals surface area contributed by atoms with Gasteiger partial charge in [0.25, 0.3) is 0 Å². The van der Waals surface area contributed by atoms with Crippen molar-refractivity contribution in [1.29, 1.82) is 0 Å². The van der Waals surface area contributed by atoms with Gasteiger partial charge in [0.05, 0.1) is 11.8 Å². The van der Waals surface area contributed by atoms with E-state index in [2.05, 4.69) is 0 Å². The molecule has 0 unspecified atom stereocenters. The minimum Gasteiger partial charge on any atom is -1.00 e. The molecule has 1 heterocycles. The molecule has 2 rings (SSSR count). The zero-order valence-corrected chi connectivity index (χ0v) is 12.6. The van der Waals surface area contributed by atoms with E-state index in [1.165, 1.54) is 0 Å². The molecule has 6 heteroatoms. The maximum absolute atomic E-state index is 11.3. The van der Waals surface area contributed by atoms with Gasteiger partial charge in [0.2, 0.25) is 0 Å². The van der Waals surface area contributed by atoms with Gasteiger partial charge in [-0.05, 0) is 18.9 Å². The molecule has 2 atom stereocenters. The second kappa shape index (κ2) is 6.65. The van der Waals surface area contributed by atoms with Gasteiger partial charge in [0.1, 0.15) is 0 Å². The number of hydrogen-bond acceptors (Lipinski definition) is 2. The van der Waals surface area contributed by atoms with Crippen molar-refractivity contribution < 1.29 is 41.4 Å². The zero-order chi connectivity index (χ0) is 14.0. The van der Waals surface area contributed by atoms with Crippen molar-refractivity contribution in [3.05, 3.63) is 36.2 Å². The monoisotopic (exact) mass is 341 g/mol. The van der Waals surface area contributed by atoms with Crippen molar-refractivity contribution >= 4 is 17.6 Å². The number of carbonyl (C=O) groups is 2. The van der Waals surface area contributed by atoms with E-state index in [1.54, 1.807) is 0 Å². The molecule has 0 spiro atoms. The van der Waals surface area contributed by atoms with E-state index in [-0.39, 0.29) is 29.8 Å².